The van der Waals surface area contributed by atoms with Gasteiger partial charge in [-0.15, -0.1) is 0 Å². The molecule has 0 radical (unpaired) electrons. The molecule has 24 heavy (non-hydrogen) atoms. The van der Waals surface area contributed by atoms with Gasteiger partial charge >= 0.3 is 0 Å². The molecule has 2 N–H and O–H groups in total. The van der Waals surface area contributed by atoms with E-state index in [-0.39, 0.29) is 5.91 Å². The maximum atomic E-state index is 12.1. The molecular formula is C19H19N3O2. The number of carbonyl (C=O) groups excluding carboxylic acids is 1. The summed E-state index contributed by atoms with van der Waals surface area (Å²) in [4.78, 5) is 16.3. The largest absolute Gasteiger partial charge is 0.467 e. The average Bonchev–Trinajstić information content (AvgIpc) is 3.10. The molecule has 0 saturated heterocycles. The lowest BCUT2D eigenvalue weighted by molar-refractivity contribution is -0.115. The summed E-state index contributed by atoms with van der Waals surface area (Å²) in [6, 6.07) is 15.3. The van der Waals surface area contributed by atoms with Crippen LogP contribution in [0.15, 0.2) is 65.4 Å². The fraction of sp³-hybridized carbons (Fsp3) is 0.158. The van der Waals surface area contributed by atoms with Gasteiger partial charge in [0.2, 0.25) is 5.91 Å². The van der Waals surface area contributed by atoms with Gasteiger partial charge in [-0.05, 0) is 36.8 Å². The summed E-state index contributed by atoms with van der Waals surface area (Å²) in [5, 5.41) is 6.01. The van der Waals surface area contributed by atoms with Crippen molar-refractivity contribution in [3.8, 4) is 0 Å². The summed E-state index contributed by atoms with van der Waals surface area (Å²) >= 11 is 0. The lowest BCUT2D eigenvalue weighted by Crippen LogP contribution is -2.14. The van der Waals surface area contributed by atoms with E-state index in [4.69, 9.17) is 4.42 Å². The molecule has 0 aliphatic rings. The first kappa shape index (κ1) is 15.8. The molecule has 0 atom stereocenters. The van der Waals surface area contributed by atoms with Gasteiger partial charge in [0.15, 0.2) is 0 Å². The van der Waals surface area contributed by atoms with E-state index in [2.05, 4.69) is 15.6 Å². The van der Waals surface area contributed by atoms with Crippen molar-refractivity contribution in [1.29, 1.82) is 0 Å². The Bertz CT molecular complexity index is 778. The second-order valence-electron chi connectivity index (χ2n) is 5.58. The first-order valence-corrected chi connectivity index (χ1v) is 7.77. The molecule has 0 unspecified atom stereocenters. The van der Waals surface area contributed by atoms with Crippen LogP contribution in [0.2, 0.25) is 0 Å². The number of nitrogens with one attached hydrogen (secondary N) is 2. The summed E-state index contributed by atoms with van der Waals surface area (Å²) in [7, 11) is 0. The lowest BCUT2D eigenvalue weighted by atomic mass is 10.1. The van der Waals surface area contributed by atoms with E-state index in [1.807, 2.05) is 55.5 Å². The van der Waals surface area contributed by atoms with Crippen molar-refractivity contribution in [2.45, 2.75) is 19.9 Å². The minimum absolute atomic E-state index is 0.0584. The van der Waals surface area contributed by atoms with Crippen LogP contribution in [-0.4, -0.2) is 10.9 Å². The van der Waals surface area contributed by atoms with E-state index in [0.717, 1.165) is 17.1 Å². The summed E-state index contributed by atoms with van der Waals surface area (Å²) in [6.45, 7) is 2.59. The Morgan fingerprint density at radius 2 is 1.96 bits per heavy atom. The van der Waals surface area contributed by atoms with Crippen molar-refractivity contribution in [2.24, 2.45) is 0 Å². The third-order valence-electron chi connectivity index (χ3n) is 3.56. The smallest absolute Gasteiger partial charge is 0.228 e. The molecule has 0 aliphatic heterocycles. The van der Waals surface area contributed by atoms with Crippen LogP contribution < -0.4 is 10.6 Å². The topological polar surface area (TPSA) is 67.2 Å². The average molecular weight is 321 g/mol. The summed E-state index contributed by atoms with van der Waals surface area (Å²) < 4.78 is 5.25. The molecule has 0 aliphatic carbocycles. The first-order valence-electron chi connectivity index (χ1n) is 7.77. The highest BCUT2D eigenvalue weighted by Crippen LogP contribution is 2.12. The monoisotopic (exact) mass is 321 g/mol. The van der Waals surface area contributed by atoms with Crippen molar-refractivity contribution >= 4 is 17.4 Å². The normalized spacial score (nSPS) is 10.4. The van der Waals surface area contributed by atoms with Crippen LogP contribution in [-0.2, 0) is 17.8 Å². The van der Waals surface area contributed by atoms with Crippen molar-refractivity contribution in [1.82, 2.24) is 4.98 Å². The van der Waals surface area contributed by atoms with Crippen molar-refractivity contribution in [3.05, 3.63) is 77.9 Å². The Hall–Kier alpha value is -3.08. The Morgan fingerprint density at radius 3 is 2.62 bits per heavy atom. The van der Waals surface area contributed by atoms with Gasteiger partial charge in [-0.2, -0.15) is 0 Å². The number of anilines is 2. The highest BCUT2D eigenvalue weighted by molar-refractivity contribution is 5.92. The molecule has 0 saturated carbocycles. The Balaban J connectivity index is 1.51. The van der Waals surface area contributed by atoms with Gasteiger partial charge in [0.25, 0.3) is 0 Å². The SMILES string of the molecule is Cc1ccc(CC(=O)Nc2ccc(NCc3ccco3)nc2)cc1. The number of amides is 1. The second-order valence-corrected chi connectivity index (χ2v) is 5.58. The zero-order valence-electron chi connectivity index (χ0n) is 13.5. The number of carbonyl (C=O) groups is 1. The third-order valence-corrected chi connectivity index (χ3v) is 3.56. The fourth-order valence-corrected chi connectivity index (χ4v) is 2.26. The number of aryl methyl sites for hydroxylation is 1. The predicted molar refractivity (Wildman–Crippen MR) is 93.8 cm³/mol. The van der Waals surface area contributed by atoms with Gasteiger partial charge < -0.3 is 15.1 Å². The van der Waals surface area contributed by atoms with Crippen molar-refractivity contribution < 1.29 is 9.21 Å². The first-order chi connectivity index (χ1) is 11.7. The van der Waals surface area contributed by atoms with Crippen LogP contribution in [0.3, 0.4) is 0 Å². The van der Waals surface area contributed by atoms with Gasteiger partial charge in [0, 0.05) is 0 Å². The van der Waals surface area contributed by atoms with Crippen LogP contribution >= 0.6 is 0 Å². The molecule has 3 rings (SSSR count). The zero-order chi connectivity index (χ0) is 16.8. The number of hydrogen-bond acceptors (Lipinski definition) is 4. The van der Waals surface area contributed by atoms with E-state index < -0.39 is 0 Å². The van der Waals surface area contributed by atoms with Gasteiger partial charge in [-0.1, -0.05) is 29.8 Å². The summed E-state index contributed by atoms with van der Waals surface area (Å²) in [5.41, 5.74) is 2.85. The number of pyridine rings is 1. The molecular weight excluding hydrogens is 302 g/mol. The molecule has 5 heteroatoms. The maximum Gasteiger partial charge on any atom is 0.228 e. The lowest BCUT2D eigenvalue weighted by Gasteiger charge is -2.07. The number of rotatable bonds is 6. The summed E-state index contributed by atoms with van der Waals surface area (Å²) in [6.07, 6.45) is 3.62. The van der Waals surface area contributed by atoms with Gasteiger partial charge in [0.05, 0.1) is 31.1 Å². The van der Waals surface area contributed by atoms with E-state index in [9.17, 15) is 4.79 Å². The molecule has 0 bridgehead atoms. The Labute approximate surface area is 140 Å². The number of aromatic nitrogens is 1. The van der Waals surface area contributed by atoms with Crippen molar-refractivity contribution in [2.75, 3.05) is 10.6 Å². The fourth-order valence-electron chi connectivity index (χ4n) is 2.26. The number of nitrogens with zero attached hydrogens (tertiary/aromatic N) is 1. The molecule has 1 amide bonds. The molecule has 2 aromatic heterocycles. The van der Waals surface area contributed by atoms with E-state index in [0.29, 0.717) is 18.7 Å². The second kappa shape index (κ2) is 7.46. The van der Waals surface area contributed by atoms with Gasteiger partial charge in [-0.3, -0.25) is 4.79 Å². The Morgan fingerprint density at radius 1 is 1.12 bits per heavy atom. The third kappa shape index (κ3) is 4.46. The number of furan rings is 1. The minimum atomic E-state index is -0.0584. The van der Waals surface area contributed by atoms with Crippen LogP contribution in [0.25, 0.3) is 0 Å². The molecule has 3 aromatic rings. The highest BCUT2D eigenvalue weighted by atomic mass is 16.3. The van der Waals surface area contributed by atoms with Gasteiger partial charge in [-0.25, -0.2) is 4.98 Å². The standard InChI is InChI=1S/C19H19N3O2/c1-14-4-6-15(7-5-14)11-19(23)22-16-8-9-18(20-12-16)21-13-17-3-2-10-24-17/h2-10,12H,11,13H2,1H3,(H,20,21)(H,22,23). The number of hydrogen-bond donors (Lipinski definition) is 2. The molecule has 2 heterocycles. The molecule has 5 nitrogen and oxygen atoms in total. The van der Waals surface area contributed by atoms with Crippen LogP contribution in [0, 0.1) is 6.92 Å². The van der Waals surface area contributed by atoms with Crippen LogP contribution in [0.1, 0.15) is 16.9 Å². The van der Waals surface area contributed by atoms with Gasteiger partial charge in [0.1, 0.15) is 11.6 Å². The Kier molecular flexibility index (Phi) is 4.91. The molecule has 1 aromatic carbocycles. The molecule has 0 fully saturated rings. The highest BCUT2D eigenvalue weighted by Gasteiger charge is 2.05. The quantitative estimate of drug-likeness (QED) is 0.725. The molecule has 0 spiro atoms. The number of benzene rings is 1. The maximum absolute atomic E-state index is 12.1. The van der Waals surface area contributed by atoms with Crippen LogP contribution in [0.5, 0.6) is 0 Å². The summed E-state index contributed by atoms with van der Waals surface area (Å²) in [5.74, 6) is 1.51. The van der Waals surface area contributed by atoms with E-state index in [1.165, 1.54) is 5.56 Å². The van der Waals surface area contributed by atoms with E-state index in [1.54, 1.807) is 12.5 Å². The predicted octanol–water partition coefficient (Wildman–Crippen LogP) is 3.78. The van der Waals surface area contributed by atoms with Crippen molar-refractivity contribution in [3.63, 3.8) is 0 Å². The molecule has 122 valence electrons. The minimum Gasteiger partial charge on any atom is -0.467 e. The van der Waals surface area contributed by atoms with E-state index >= 15 is 0 Å². The van der Waals surface area contributed by atoms with Crippen LogP contribution in [0.4, 0.5) is 11.5 Å². The zero-order valence-corrected chi connectivity index (χ0v) is 13.5.